The molecule has 3 rings (SSSR count). The van der Waals surface area contributed by atoms with Crippen LogP contribution in [-0.4, -0.2) is 11.9 Å². The molecule has 2 aromatic carbocycles. The maximum atomic E-state index is 13.4. The van der Waals surface area contributed by atoms with E-state index in [1.807, 2.05) is 12.1 Å². The van der Waals surface area contributed by atoms with Crippen LogP contribution in [0.3, 0.4) is 0 Å². The summed E-state index contributed by atoms with van der Waals surface area (Å²) in [5, 5.41) is 3.14. The van der Waals surface area contributed by atoms with E-state index in [2.05, 4.69) is 5.32 Å². The molecular weight excluding hydrogens is 350 g/mol. The van der Waals surface area contributed by atoms with E-state index in [1.165, 1.54) is 17.7 Å². The van der Waals surface area contributed by atoms with Crippen molar-refractivity contribution in [2.24, 2.45) is 5.73 Å². The topological polar surface area (TPSA) is 64.3 Å². The number of primary amides is 1. The number of ether oxygens (including phenoxy) is 1. The largest absolute Gasteiger partial charge is 0.489 e. The summed E-state index contributed by atoms with van der Waals surface area (Å²) in [6.07, 6.45) is 4.03. The summed E-state index contributed by atoms with van der Waals surface area (Å²) < 4.78 is 32.6. The van der Waals surface area contributed by atoms with Gasteiger partial charge in [-0.15, -0.1) is 0 Å². The van der Waals surface area contributed by atoms with E-state index in [0.29, 0.717) is 12.1 Å². The van der Waals surface area contributed by atoms with Crippen molar-refractivity contribution < 1.29 is 18.3 Å². The van der Waals surface area contributed by atoms with E-state index in [1.54, 1.807) is 6.92 Å². The third-order valence-corrected chi connectivity index (χ3v) is 4.93. The van der Waals surface area contributed by atoms with Gasteiger partial charge in [-0.2, -0.15) is 0 Å². The average molecular weight is 374 g/mol. The number of hydrogen-bond donors (Lipinski definition) is 2. The lowest BCUT2D eigenvalue weighted by Gasteiger charge is -2.23. The standard InChI is InChI=1S/C21H24F2N2O2/c1-13(21(24)26)25-11-15-6-7-20(19-5-3-2-4-18(15)19)27-12-14-8-16(22)10-17(23)9-14/h6-10,13,25H,2-5,11-12H2,1H3,(H2,24,26)/t13-/m0/s1. The summed E-state index contributed by atoms with van der Waals surface area (Å²) in [6.45, 7) is 2.41. The quantitative estimate of drug-likeness (QED) is 0.781. The first-order valence-electron chi connectivity index (χ1n) is 9.18. The maximum absolute atomic E-state index is 13.4. The Bertz CT molecular complexity index is 819. The van der Waals surface area contributed by atoms with Gasteiger partial charge in [-0.25, -0.2) is 8.78 Å². The second-order valence-electron chi connectivity index (χ2n) is 6.96. The Labute approximate surface area is 157 Å². The van der Waals surface area contributed by atoms with Crippen LogP contribution in [0.2, 0.25) is 0 Å². The lowest BCUT2D eigenvalue weighted by atomic mass is 9.87. The van der Waals surface area contributed by atoms with Crippen molar-refractivity contribution in [2.45, 2.75) is 51.8 Å². The number of rotatable bonds is 7. The van der Waals surface area contributed by atoms with Crippen molar-refractivity contribution in [3.63, 3.8) is 0 Å². The molecule has 3 N–H and O–H groups in total. The number of hydrogen-bond acceptors (Lipinski definition) is 3. The normalized spacial score (nSPS) is 14.5. The zero-order chi connectivity index (χ0) is 19.4. The molecule has 1 atom stereocenters. The van der Waals surface area contributed by atoms with Crippen LogP contribution >= 0.6 is 0 Å². The summed E-state index contributed by atoms with van der Waals surface area (Å²) in [5.41, 5.74) is 9.26. The molecule has 6 heteroatoms. The Morgan fingerprint density at radius 2 is 1.81 bits per heavy atom. The molecule has 0 saturated carbocycles. The Kier molecular flexibility index (Phi) is 6.06. The van der Waals surface area contributed by atoms with Gasteiger partial charge in [0.15, 0.2) is 0 Å². The number of benzene rings is 2. The van der Waals surface area contributed by atoms with Crippen molar-refractivity contribution in [3.05, 3.63) is 64.2 Å². The highest BCUT2D eigenvalue weighted by atomic mass is 19.1. The van der Waals surface area contributed by atoms with E-state index < -0.39 is 17.7 Å². The van der Waals surface area contributed by atoms with E-state index in [4.69, 9.17) is 10.5 Å². The van der Waals surface area contributed by atoms with Gasteiger partial charge in [-0.3, -0.25) is 4.79 Å². The number of nitrogens with one attached hydrogen (secondary N) is 1. The molecule has 0 aromatic heterocycles. The van der Waals surface area contributed by atoms with Crippen molar-refractivity contribution in [1.82, 2.24) is 5.32 Å². The minimum absolute atomic E-state index is 0.109. The zero-order valence-electron chi connectivity index (χ0n) is 15.4. The summed E-state index contributed by atoms with van der Waals surface area (Å²) in [4.78, 5) is 11.2. The first-order chi connectivity index (χ1) is 12.9. The lowest BCUT2D eigenvalue weighted by molar-refractivity contribution is -0.119. The number of nitrogens with two attached hydrogens (primary N) is 1. The van der Waals surface area contributed by atoms with Gasteiger partial charge in [-0.1, -0.05) is 6.07 Å². The van der Waals surface area contributed by atoms with E-state index >= 15 is 0 Å². The highest BCUT2D eigenvalue weighted by Crippen LogP contribution is 2.33. The van der Waals surface area contributed by atoms with Crippen molar-refractivity contribution >= 4 is 5.91 Å². The van der Waals surface area contributed by atoms with Gasteiger partial charge in [0, 0.05) is 12.6 Å². The van der Waals surface area contributed by atoms with Crippen LogP contribution in [0.15, 0.2) is 30.3 Å². The molecular formula is C21H24F2N2O2. The van der Waals surface area contributed by atoms with Gasteiger partial charge in [0.05, 0.1) is 6.04 Å². The molecule has 1 amide bonds. The number of fused-ring (bicyclic) bond motifs is 1. The maximum Gasteiger partial charge on any atom is 0.234 e. The first kappa shape index (κ1) is 19.3. The van der Waals surface area contributed by atoms with Crippen molar-refractivity contribution in [2.75, 3.05) is 0 Å². The molecule has 27 heavy (non-hydrogen) atoms. The van der Waals surface area contributed by atoms with Crippen LogP contribution in [0.5, 0.6) is 5.75 Å². The minimum Gasteiger partial charge on any atom is -0.489 e. The Hall–Kier alpha value is -2.47. The van der Waals surface area contributed by atoms with Gasteiger partial charge in [-0.05, 0) is 73.1 Å². The lowest BCUT2D eigenvalue weighted by Crippen LogP contribution is -2.38. The van der Waals surface area contributed by atoms with Gasteiger partial charge in [0.2, 0.25) is 5.91 Å². The fraction of sp³-hybridized carbons (Fsp3) is 0.381. The van der Waals surface area contributed by atoms with E-state index in [0.717, 1.165) is 48.6 Å². The van der Waals surface area contributed by atoms with Crippen LogP contribution in [0, 0.1) is 11.6 Å². The van der Waals surface area contributed by atoms with Crippen molar-refractivity contribution in [1.29, 1.82) is 0 Å². The Morgan fingerprint density at radius 3 is 2.48 bits per heavy atom. The fourth-order valence-corrected chi connectivity index (χ4v) is 3.43. The predicted molar refractivity (Wildman–Crippen MR) is 99.3 cm³/mol. The minimum atomic E-state index is -0.611. The van der Waals surface area contributed by atoms with Gasteiger partial charge in [0.25, 0.3) is 0 Å². The number of carbonyl (C=O) groups is 1. The predicted octanol–water partition coefficient (Wildman–Crippen LogP) is 3.39. The number of halogens is 2. The molecule has 0 fully saturated rings. The van der Waals surface area contributed by atoms with Crippen LogP contribution in [0.25, 0.3) is 0 Å². The molecule has 0 aliphatic heterocycles. The molecule has 2 aromatic rings. The number of carbonyl (C=O) groups excluding carboxylic acids is 1. The molecule has 0 spiro atoms. The molecule has 0 radical (unpaired) electrons. The van der Waals surface area contributed by atoms with E-state index in [-0.39, 0.29) is 12.5 Å². The van der Waals surface area contributed by atoms with Gasteiger partial charge in [0.1, 0.15) is 24.0 Å². The molecule has 0 unspecified atom stereocenters. The highest BCUT2D eigenvalue weighted by molar-refractivity contribution is 5.79. The third kappa shape index (κ3) is 4.83. The highest BCUT2D eigenvalue weighted by Gasteiger charge is 2.19. The summed E-state index contributed by atoms with van der Waals surface area (Å²) in [6, 6.07) is 6.87. The first-order valence-corrected chi connectivity index (χ1v) is 9.18. The van der Waals surface area contributed by atoms with Gasteiger partial charge < -0.3 is 15.8 Å². The average Bonchev–Trinajstić information content (AvgIpc) is 2.63. The third-order valence-electron chi connectivity index (χ3n) is 4.93. The summed E-state index contributed by atoms with van der Waals surface area (Å²) >= 11 is 0. The molecule has 0 bridgehead atoms. The second kappa shape index (κ2) is 8.48. The van der Waals surface area contributed by atoms with E-state index in [9.17, 15) is 13.6 Å². The zero-order valence-corrected chi connectivity index (χ0v) is 15.4. The molecule has 144 valence electrons. The van der Waals surface area contributed by atoms with Crippen LogP contribution in [0.1, 0.15) is 42.0 Å². The molecule has 4 nitrogen and oxygen atoms in total. The monoisotopic (exact) mass is 374 g/mol. The van der Waals surface area contributed by atoms with Crippen LogP contribution in [0.4, 0.5) is 8.78 Å². The van der Waals surface area contributed by atoms with Crippen molar-refractivity contribution in [3.8, 4) is 5.75 Å². The smallest absolute Gasteiger partial charge is 0.234 e. The Balaban J connectivity index is 1.77. The molecule has 1 aliphatic rings. The fourth-order valence-electron chi connectivity index (χ4n) is 3.43. The van der Waals surface area contributed by atoms with Gasteiger partial charge >= 0.3 is 0 Å². The number of amides is 1. The SMILES string of the molecule is C[C@H](NCc1ccc(OCc2cc(F)cc(F)c2)c2c1CCCC2)C(N)=O. The van der Waals surface area contributed by atoms with Crippen LogP contribution in [-0.2, 0) is 30.8 Å². The Morgan fingerprint density at radius 1 is 1.15 bits per heavy atom. The second-order valence-corrected chi connectivity index (χ2v) is 6.96. The van der Waals surface area contributed by atoms with Crippen LogP contribution < -0.4 is 15.8 Å². The molecule has 1 aliphatic carbocycles. The molecule has 0 heterocycles. The molecule has 0 saturated heterocycles. The summed E-state index contributed by atoms with van der Waals surface area (Å²) in [5.74, 6) is -0.853. The summed E-state index contributed by atoms with van der Waals surface area (Å²) in [7, 11) is 0.